The molecule has 1 aromatic heterocycles. The molecule has 0 bridgehead atoms. The molecule has 3 rings (SSSR count). The first-order valence-electron chi connectivity index (χ1n) is 9.80. The second-order valence-electron chi connectivity index (χ2n) is 7.79. The number of hydrogen-bond acceptors (Lipinski definition) is 6. The Morgan fingerprint density at radius 2 is 1.97 bits per heavy atom. The first-order chi connectivity index (χ1) is 14.6. The number of alkyl halides is 3. The lowest BCUT2D eigenvalue weighted by Gasteiger charge is -2.29. The highest BCUT2D eigenvalue weighted by Crippen LogP contribution is 2.38. The summed E-state index contributed by atoms with van der Waals surface area (Å²) in [5, 5.41) is 2.60. The first-order valence-corrected chi connectivity index (χ1v) is 10.6. The van der Waals surface area contributed by atoms with Crippen LogP contribution in [-0.2, 0) is 11.3 Å². The Kier molecular flexibility index (Phi) is 7.00. The summed E-state index contributed by atoms with van der Waals surface area (Å²) in [6.07, 6.45) is 1.08. The van der Waals surface area contributed by atoms with Crippen LogP contribution < -0.4 is 10.2 Å². The molecule has 2 heterocycles. The summed E-state index contributed by atoms with van der Waals surface area (Å²) < 4.78 is 42.5. The summed E-state index contributed by atoms with van der Waals surface area (Å²) in [7, 11) is 0. The van der Waals surface area contributed by atoms with E-state index in [9.17, 15) is 18.0 Å². The van der Waals surface area contributed by atoms with Crippen LogP contribution in [0, 0.1) is 0 Å². The van der Waals surface area contributed by atoms with E-state index in [-0.39, 0.29) is 28.8 Å². The van der Waals surface area contributed by atoms with Gasteiger partial charge in [-0.05, 0) is 74.5 Å². The predicted molar refractivity (Wildman–Crippen MR) is 115 cm³/mol. The van der Waals surface area contributed by atoms with E-state index in [1.807, 2.05) is 6.07 Å². The molecule has 1 fully saturated rings. The normalized spacial score (nSPS) is 16.4. The summed E-state index contributed by atoms with van der Waals surface area (Å²) in [5.74, 6) is 0.419. The molecule has 0 radical (unpaired) electrons. The zero-order valence-electron chi connectivity index (χ0n) is 17.6. The van der Waals surface area contributed by atoms with Crippen LogP contribution >= 0.6 is 11.8 Å². The molecule has 10 heteroatoms. The van der Waals surface area contributed by atoms with E-state index in [0.717, 1.165) is 17.8 Å². The van der Waals surface area contributed by atoms with Crippen molar-refractivity contribution in [2.24, 2.45) is 0 Å². The maximum atomic E-state index is 12.6. The van der Waals surface area contributed by atoms with Crippen LogP contribution in [0.25, 0.3) is 0 Å². The lowest BCUT2D eigenvalue weighted by molar-refractivity contribution is -0.0328. The third-order valence-electron chi connectivity index (χ3n) is 4.91. The Bertz CT molecular complexity index is 906. The van der Waals surface area contributed by atoms with E-state index < -0.39 is 11.6 Å². The SMILES string of the molecule is CCOC(=O)Nc1cc(CN2CN(c3ccc(SC(F)(F)F)cc3)CC2(C)C)ccn1. The number of anilines is 2. The number of thioether (sulfide) groups is 1. The molecule has 1 saturated heterocycles. The Morgan fingerprint density at radius 1 is 1.26 bits per heavy atom. The Hall–Kier alpha value is -2.46. The van der Waals surface area contributed by atoms with E-state index in [1.54, 1.807) is 31.3 Å². The maximum Gasteiger partial charge on any atom is 0.446 e. The van der Waals surface area contributed by atoms with Crippen molar-refractivity contribution >= 4 is 29.4 Å². The minimum atomic E-state index is -4.29. The molecule has 1 amide bonds. The summed E-state index contributed by atoms with van der Waals surface area (Å²) in [5.41, 5.74) is -2.59. The lowest BCUT2D eigenvalue weighted by atomic mass is 10.0. The lowest BCUT2D eigenvalue weighted by Crippen LogP contribution is -2.39. The van der Waals surface area contributed by atoms with Crippen LogP contribution in [0.1, 0.15) is 26.3 Å². The molecule has 1 N–H and O–H groups in total. The fourth-order valence-electron chi connectivity index (χ4n) is 3.44. The number of aromatic nitrogens is 1. The molecule has 1 aliphatic heterocycles. The fraction of sp³-hybridized carbons (Fsp3) is 0.429. The van der Waals surface area contributed by atoms with Crippen molar-refractivity contribution in [3.8, 4) is 0 Å². The standard InChI is InChI=1S/C21H25F3N4O2S/c1-4-30-19(29)26-18-11-15(9-10-25-18)12-28-14-27(13-20(28,2)3)16-5-7-17(8-6-16)31-21(22,23)24/h5-11H,4,12-14H2,1-3H3,(H,25,26,29). The van der Waals surface area contributed by atoms with Crippen LogP contribution in [-0.4, -0.2) is 46.8 Å². The third-order valence-corrected chi connectivity index (χ3v) is 5.65. The zero-order valence-corrected chi connectivity index (χ0v) is 18.4. The Balaban J connectivity index is 1.67. The van der Waals surface area contributed by atoms with Crippen molar-refractivity contribution in [3.05, 3.63) is 48.2 Å². The van der Waals surface area contributed by atoms with Gasteiger partial charge in [-0.15, -0.1) is 0 Å². The minimum Gasteiger partial charge on any atom is -0.450 e. The molecule has 0 atom stereocenters. The van der Waals surface area contributed by atoms with Gasteiger partial charge in [0, 0.05) is 35.4 Å². The van der Waals surface area contributed by atoms with Crippen molar-refractivity contribution in [1.29, 1.82) is 0 Å². The average molecular weight is 455 g/mol. The predicted octanol–water partition coefficient (Wildman–Crippen LogP) is 5.32. The number of carbonyl (C=O) groups is 1. The van der Waals surface area contributed by atoms with Gasteiger partial charge in [0.25, 0.3) is 0 Å². The highest BCUT2D eigenvalue weighted by Gasteiger charge is 2.37. The summed E-state index contributed by atoms with van der Waals surface area (Å²) in [6.45, 7) is 8.25. The average Bonchev–Trinajstić information content (AvgIpc) is 2.96. The molecule has 168 valence electrons. The number of rotatable bonds is 6. The van der Waals surface area contributed by atoms with Crippen LogP contribution in [0.3, 0.4) is 0 Å². The summed E-state index contributed by atoms with van der Waals surface area (Å²) in [4.78, 5) is 20.3. The van der Waals surface area contributed by atoms with Gasteiger partial charge in [-0.3, -0.25) is 10.2 Å². The topological polar surface area (TPSA) is 57.7 Å². The van der Waals surface area contributed by atoms with Gasteiger partial charge >= 0.3 is 11.6 Å². The number of hydrogen-bond donors (Lipinski definition) is 1. The molecule has 1 aliphatic rings. The van der Waals surface area contributed by atoms with E-state index in [1.165, 1.54) is 12.1 Å². The van der Waals surface area contributed by atoms with E-state index >= 15 is 0 Å². The number of ether oxygens (including phenoxy) is 1. The fourth-order valence-corrected chi connectivity index (χ4v) is 3.98. The molecule has 0 aliphatic carbocycles. The summed E-state index contributed by atoms with van der Waals surface area (Å²) >= 11 is -0.111. The van der Waals surface area contributed by atoms with Gasteiger partial charge in [-0.25, -0.2) is 9.78 Å². The van der Waals surface area contributed by atoms with Crippen LogP contribution in [0.15, 0.2) is 47.5 Å². The molecule has 1 aromatic carbocycles. The Labute approximate surface area is 183 Å². The highest BCUT2D eigenvalue weighted by atomic mass is 32.2. The molecule has 0 saturated carbocycles. The number of halogens is 3. The van der Waals surface area contributed by atoms with Gasteiger partial charge in [0.15, 0.2) is 0 Å². The molecule has 0 spiro atoms. The van der Waals surface area contributed by atoms with Crippen molar-refractivity contribution in [1.82, 2.24) is 9.88 Å². The smallest absolute Gasteiger partial charge is 0.446 e. The molecular weight excluding hydrogens is 429 g/mol. The molecule has 6 nitrogen and oxygen atoms in total. The number of amides is 1. The van der Waals surface area contributed by atoms with Crippen LogP contribution in [0.2, 0.25) is 0 Å². The minimum absolute atomic E-state index is 0.111. The summed E-state index contributed by atoms with van der Waals surface area (Å²) in [6, 6.07) is 10.1. The molecule has 0 unspecified atom stereocenters. The molecule has 31 heavy (non-hydrogen) atoms. The number of nitrogens with one attached hydrogen (secondary N) is 1. The van der Waals surface area contributed by atoms with Gasteiger partial charge < -0.3 is 9.64 Å². The van der Waals surface area contributed by atoms with Crippen LogP contribution in [0.5, 0.6) is 0 Å². The molecular formula is C21H25F3N4O2S. The van der Waals surface area contributed by atoms with E-state index in [4.69, 9.17) is 4.74 Å². The van der Waals surface area contributed by atoms with Gasteiger partial charge in [-0.1, -0.05) is 0 Å². The van der Waals surface area contributed by atoms with Gasteiger partial charge in [0.2, 0.25) is 0 Å². The van der Waals surface area contributed by atoms with Gasteiger partial charge in [0.05, 0.1) is 13.3 Å². The Morgan fingerprint density at radius 3 is 2.61 bits per heavy atom. The largest absolute Gasteiger partial charge is 0.450 e. The van der Waals surface area contributed by atoms with E-state index in [2.05, 4.69) is 33.9 Å². The monoisotopic (exact) mass is 454 g/mol. The maximum absolute atomic E-state index is 12.6. The van der Waals surface area contributed by atoms with Crippen LogP contribution in [0.4, 0.5) is 29.5 Å². The van der Waals surface area contributed by atoms with Crippen molar-refractivity contribution in [3.63, 3.8) is 0 Å². The first kappa shape index (κ1) is 23.2. The van der Waals surface area contributed by atoms with Crippen molar-refractivity contribution in [2.75, 3.05) is 30.0 Å². The number of benzene rings is 1. The zero-order chi connectivity index (χ0) is 22.6. The van der Waals surface area contributed by atoms with Gasteiger partial charge in [0.1, 0.15) is 5.82 Å². The second-order valence-corrected chi connectivity index (χ2v) is 8.92. The van der Waals surface area contributed by atoms with E-state index in [0.29, 0.717) is 19.0 Å². The quantitative estimate of drug-likeness (QED) is 0.596. The highest BCUT2D eigenvalue weighted by molar-refractivity contribution is 8.00. The number of pyridine rings is 1. The second kappa shape index (κ2) is 9.35. The van der Waals surface area contributed by atoms with Crippen molar-refractivity contribution < 1.29 is 22.7 Å². The third kappa shape index (κ3) is 6.51. The van der Waals surface area contributed by atoms with Crippen molar-refractivity contribution in [2.45, 2.75) is 43.3 Å². The number of nitrogens with zero attached hydrogens (tertiary/aromatic N) is 3. The van der Waals surface area contributed by atoms with Gasteiger partial charge in [-0.2, -0.15) is 13.2 Å². The number of carbonyl (C=O) groups excluding carboxylic acids is 1. The molecule has 2 aromatic rings.